The maximum absolute atomic E-state index is 3.75. The Morgan fingerprint density at radius 3 is 2.31 bits per heavy atom. The second-order valence-corrected chi connectivity index (χ2v) is 6.08. The van der Waals surface area contributed by atoms with E-state index in [1.54, 1.807) is 0 Å². The van der Waals surface area contributed by atoms with E-state index in [0.717, 1.165) is 17.9 Å². The first-order chi connectivity index (χ1) is 7.86. The van der Waals surface area contributed by atoms with Crippen molar-refractivity contribution < 1.29 is 0 Å². The first-order valence-corrected chi connectivity index (χ1v) is 7.59. The van der Waals surface area contributed by atoms with Gasteiger partial charge in [-0.2, -0.15) is 0 Å². The summed E-state index contributed by atoms with van der Waals surface area (Å²) in [5.74, 6) is 2.05. The fourth-order valence-corrected chi connectivity index (χ4v) is 3.64. The zero-order valence-corrected chi connectivity index (χ0v) is 11.0. The average molecular weight is 223 g/mol. The molecule has 1 unspecified atom stereocenters. The summed E-state index contributed by atoms with van der Waals surface area (Å²) < 4.78 is 0. The van der Waals surface area contributed by atoms with Gasteiger partial charge in [-0.3, -0.25) is 0 Å². The highest BCUT2D eigenvalue weighted by Gasteiger charge is 2.21. The Labute approximate surface area is 101 Å². The van der Waals surface area contributed by atoms with E-state index in [4.69, 9.17) is 0 Å². The molecule has 2 aliphatic rings. The second-order valence-electron chi connectivity index (χ2n) is 6.08. The van der Waals surface area contributed by atoms with E-state index < -0.39 is 0 Å². The highest BCUT2D eigenvalue weighted by molar-refractivity contribution is 4.77. The van der Waals surface area contributed by atoms with E-state index in [1.807, 2.05) is 0 Å². The minimum atomic E-state index is 0.770. The Kier molecular flexibility index (Phi) is 5.15. The minimum Gasteiger partial charge on any atom is -0.314 e. The Morgan fingerprint density at radius 2 is 1.62 bits per heavy atom. The van der Waals surface area contributed by atoms with Gasteiger partial charge in [-0.15, -0.1) is 0 Å². The molecular formula is C15H29N. The van der Waals surface area contributed by atoms with Gasteiger partial charge in [0.2, 0.25) is 0 Å². The molecule has 0 bridgehead atoms. The Balaban J connectivity index is 1.50. The lowest BCUT2D eigenvalue weighted by Crippen LogP contribution is -2.33. The highest BCUT2D eigenvalue weighted by Crippen LogP contribution is 2.29. The van der Waals surface area contributed by atoms with E-state index in [-0.39, 0.29) is 0 Å². The molecule has 2 rings (SSSR count). The molecule has 0 aromatic rings. The zero-order valence-electron chi connectivity index (χ0n) is 11.0. The molecule has 1 atom stereocenters. The maximum atomic E-state index is 3.75. The van der Waals surface area contributed by atoms with Crippen molar-refractivity contribution in [1.82, 2.24) is 5.32 Å². The van der Waals surface area contributed by atoms with Crippen molar-refractivity contribution in [2.75, 3.05) is 6.54 Å². The molecular weight excluding hydrogens is 194 g/mol. The third-order valence-electron chi connectivity index (χ3n) is 4.84. The second kappa shape index (κ2) is 6.64. The number of nitrogens with one attached hydrogen (secondary N) is 1. The Bertz CT molecular complexity index is 178. The SMILES string of the molecule is CC(NCCCC1CCCC1)C1CCCC1. The molecule has 2 aliphatic carbocycles. The van der Waals surface area contributed by atoms with E-state index in [1.165, 1.54) is 70.8 Å². The van der Waals surface area contributed by atoms with E-state index in [9.17, 15) is 0 Å². The molecule has 94 valence electrons. The van der Waals surface area contributed by atoms with Crippen molar-refractivity contribution in [1.29, 1.82) is 0 Å². The predicted octanol–water partition coefficient (Wildman–Crippen LogP) is 4.13. The lowest BCUT2D eigenvalue weighted by atomic mass is 9.99. The topological polar surface area (TPSA) is 12.0 Å². The summed E-state index contributed by atoms with van der Waals surface area (Å²) in [5.41, 5.74) is 0. The maximum Gasteiger partial charge on any atom is 0.00669 e. The minimum absolute atomic E-state index is 0.770. The van der Waals surface area contributed by atoms with E-state index in [0.29, 0.717) is 0 Å². The van der Waals surface area contributed by atoms with Crippen LogP contribution in [0.4, 0.5) is 0 Å². The molecule has 0 aromatic carbocycles. The molecule has 1 heteroatoms. The molecule has 2 fully saturated rings. The van der Waals surface area contributed by atoms with Crippen molar-refractivity contribution in [3.63, 3.8) is 0 Å². The third-order valence-corrected chi connectivity index (χ3v) is 4.84. The molecule has 0 aliphatic heterocycles. The number of rotatable bonds is 6. The smallest absolute Gasteiger partial charge is 0.00669 e. The van der Waals surface area contributed by atoms with Gasteiger partial charge in [0.05, 0.1) is 0 Å². The predicted molar refractivity (Wildman–Crippen MR) is 70.6 cm³/mol. The standard InChI is InChI=1S/C15H29N/c1-13(15-10-4-5-11-15)16-12-6-9-14-7-2-3-8-14/h13-16H,2-12H2,1H3. The van der Waals surface area contributed by atoms with Crippen LogP contribution in [-0.4, -0.2) is 12.6 Å². The van der Waals surface area contributed by atoms with Crippen LogP contribution in [-0.2, 0) is 0 Å². The first-order valence-electron chi connectivity index (χ1n) is 7.59. The summed E-state index contributed by atoms with van der Waals surface area (Å²) in [5, 5.41) is 3.75. The highest BCUT2D eigenvalue weighted by atomic mass is 14.9. The van der Waals surface area contributed by atoms with Crippen LogP contribution in [0.1, 0.15) is 71.1 Å². The monoisotopic (exact) mass is 223 g/mol. The van der Waals surface area contributed by atoms with Gasteiger partial charge in [-0.25, -0.2) is 0 Å². The van der Waals surface area contributed by atoms with Crippen LogP contribution in [0, 0.1) is 11.8 Å². The quantitative estimate of drug-likeness (QED) is 0.668. The largest absolute Gasteiger partial charge is 0.314 e. The summed E-state index contributed by atoms with van der Waals surface area (Å²) in [4.78, 5) is 0. The molecule has 0 saturated heterocycles. The summed E-state index contributed by atoms with van der Waals surface area (Å²) in [6.45, 7) is 3.65. The molecule has 0 radical (unpaired) electrons. The molecule has 2 saturated carbocycles. The number of hydrogen-bond acceptors (Lipinski definition) is 1. The molecule has 0 aromatic heterocycles. The van der Waals surface area contributed by atoms with Crippen LogP contribution in [0.25, 0.3) is 0 Å². The van der Waals surface area contributed by atoms with Gasteiger partial charge >= 0.3 is 0 Å². The molecule has 0 heterocycles. The van der Waals surface area contributed by atoms with Crippen molar-refractivity contribution in [3.05, 3.63) is 0 Å². The van der Waals surface area contributed by atoms with Crippen LogP contribution in [0.15, 0.2) is 0 Å². The van der Waals surface area contributed by atoms with Gasteiger partial charge in [0.15, 0.2) is 0 Å². The van der Waals surface area contributed by atoms with Gasteiger partial charge in [-0.1, -0.05) is 38.5 Å². The summed E-state index contributed by atoms with van der Waals surface area (Å²) >= 11 is 0. The van der Waals surface area contributed by atoms with Crippen molar-refractivity contribution in [2.24, 2.45) is 11.8 Å². The molecule has 1 nitrogen and oxygen atoms in total. The van der Waals surface area contributed by atoms with Crippen LogP contribution in [0.5, 0.6) is 0 Å². The Hall–Kier alpha value is -0.0400. The lowest BCUT2D eigenvalue weighted by Gasteiger charge is -2.20. The molecule has 0 amide bonds. The van der Waals surface area contributed by atoms with Crippen LogP contribution in [0.3, 0.4) is 0 Å². The summed E-state index contributed by atoms with van der Waals surface area (Å²) in [7, 11) is 0. The van der Waals surface area contributed by atoms with Gasteiger partial charge < -0.3 is 5.32 Å². The molecule has 1 N–H and O–H groups in total. The first kappa shape index (κ1) is 12.4. The van der Waals surface area contributed by atoms with Crippen molar-refractivity contribution in [3.8, 4) is 0 Å². The van der Waals surface area contributed by atoms with Gasteiger partial charge in [0.1, 0.15) is 0 Å². The van der Waals surface area contributed by atoms with Gasteiger partial charge in [0, 0.05) is 6.04 Å². The molecule has 16 heavy (non-hydrogen) atoms. The van der Waals surface area contributed by atoms with Gasteiger partial charge in [-0.05, 0) is 51.0 Å². The summed E-state index contributed by atoms with van der Waals surface area (Å²) in [6.07, 6.45) is 14.8. The van der Waals surface area contributed by atoms with Crippen molar-refractivity contribution in [2.45, 2.75) is 77.2 Å². The Morgan fingerprint density at radius 1 is 1.00 bits per heavy atom. The van der Waals surface area contributed by atoms with Gasteiger partial charge in [0.25, 0.3) is 0 Å². The van der Waals surface area contributed by atoms with Crippen LogP contribution in [0.2, 0.25) is 0 Å². The normalized spacial score (nSPS) is 25.3. The number of hydrogen-bond donors (Lipinski definition) is 1. The fourth-order valence-electron chi connectivity index (χ4n) is 3.64. The zero-order chi connectivity index (χ0) is 11.2. The fraction of sp³-hybridized carbons (Fsp3) is 1.00. The average Bonchev–Trinajstić information content (AvgIpc) is 2.96. The van der Waals surface area contributed by atoms with Crippen LogP contribution >= 0.6 is 0 Å². The summed E-state index contributed by atoms with van der Waals surface area (Å²) in [6, 6.07) is 0.770. The van der Waals surface area contributed by atoms with E-state index in [2.05, 4.69) is 12.2 Å². The molecule has 0 spiro atoms. The lowest BCUT2D eigenvalue weighted by molar-refractivity contribution is 0.369. The third kappa shape index (κ3) is 3.76. The van der Waals surface area contributed by atoms with Crippen LogP contribution < -0.4 is 5.32 Å². The van der Waals surface area contributed by atoms with E-state index >= 15 is 0 Å². The van der Waals surface area contributed by atoms with Crippen molar-refractivity contribution >= 4 is 0 Å².